The van der Waals surface area contributed by atoms with Gasteiger partial charge in [0.15, 0.2) is 5.13 Å². The van der Waals surface area contributed by atoms with Crippen LogP contribution in [-0.2, 0) is 6.42 Å². The Kier molecular flexibility index (Phi) is 7.13. The maximum absolute atomic E-state index is 11.0. The normalized spacial score (nSPS) is 16.3. The molecule has 180 valence electrons. The number of thiazole rings is 1. The average molecular weight is 480 g/mol. The van der Waals surface area contributed by atoms with Crippen molar-refractivity contribution in [2.45, 2.75) is 44.9 Å². The molecule has 9 heteroatoms. The minimum atomic E-state index is -0.718. The van der Waals surface area contributed by atoms with Crippen LogP contribution >= 0.6 is 11.3 Å². The van der Waals surface area contributed by atoms with Gasteiger partial charge >= 0.3 is 0 Å². The summed E-state index contributed by atoms with van der Waals surface area (Å²) in [5, 5.41) is 23.8. The Bertz CT molecular complexity index is 1160. The van der Waals surface area contributed by atoms with E-state index in [1.54, 1.807) is 17.5 Å². The highest BCUT2D eigenvalue weighted by Gasteiger charge is 2.23. The second kappa shape index (κ2) is 10.6. The highest BCUT2D eigenvalue weighted by atomic mass is 32.1. The number of para-hydroxylation sites is 1. The Morgan fingerprint density at radius 3 is 2.76 bits per heavy atom. The molecule has 2 atom stereocenters. The fourth-order valence-corrected chi connectivity index (χ4v) is 5.59. The lowest BCUT2D eigenvalue weighted by Gasteiger charge is -2.34. The first-order valence-electron chi connectivity index (χ1n) is 12.2. The topological polar surface area (TPSA) is 96.1 Å². The van der Waals surface area contributed by atoms with E-state index < -0.39 is 6.23 Å². The molecule has 8 nitrogen and oxygen atoms in total. The largest absolute Gasteiger partial charge is 0.373 e. The van der Waals surface area contributed by atoms with Crippen LogP contribution in [0.4, 0.5) is 10.9 Å². The van der Waals surface area contributed by atoms with Crippen LogP contribution in [0.5, 0.6) is 0 Å². The van der Waals surface area contributed by atoms with Crippen LogP contribution in [0.1, 0.15) is 42.9 Å². The van der Waals surface area contributed by atoms with Gasteiger partial charge in [-0.2, -0.15) is 5.10 Å². The van der Waals surface area contributed by atoms with Crippen molar-refractivity contribution in [2.24, 2.45) is 0 Å². The zero-order valence-electron chi connectivity index (χ0n) is 19.6. The van der Waals surface area contributed by atoms with Crippen LogP contribution in [0.15, 0.2) is 48.9 Å². The Labute approximate surface area is 204 Å². The van der Waals surface area contributed by atoms with E-state index in [0.29, 0.717) is 0 Å². The van der Waals surface area contributed by atoms with Gasteiger partial charge in [-0.25, -0.2) is 4.98 Å². The molecule has 1 aliphatic heterocycles. The van der Waals surface area contributed by atoms with Crippen molar-refractivity contribution < 1.29 is 5.11 Å². The standard InChI is InChI=1S/C25H33N7OS/c1-2-3-6-19(15-18-16-26-21-8-5-4-7-20(18)21)29-24(33)22-17-27-25(34-22)32-13-11-31(12-14-32)23-9-10-28-30-23/h4-5,7-10,16-17,19,24,26,29,33H,2-3,6,11-15H2,1H3,(H,28,30). The molecule has 4 heterocycles. The lowest BCUT2D eigenvalue weighted by molar-refractivity contribution is 0.123. The third kappa shape index (κ3) is 5.11. The second-order valence-corrected chi connectivity index (χ2v) is 9.97. The van der Waals surface area contributed by atoms with Gasteiger partial charge in [0.25, 0.3) is 0 Å². The van der Waals surface area contributed by atoms with E-state index in [0.717, 1.165) is 73.2 Å². The maximum atomic E-state index is 11.0. The number of benzene rings is 1. The number of hydrogen-bond donors (Lipinski definition) is 4. The molecule has 4 aromatic rings. The summed E-state index contributed by atoms with van der Waals surface area (Å²) in [7, 11) is 0. The molecule has 1 saturated heterocycles. The minimum absolute atomic E-state index is 0.192. The molecule has 5 rings (SSSR count). The van der Waals surface area contributed by atoms with Gasteiger partial charge in [-0.15, -0.1) is 0 Å². The van der Waals surface area contributed by atoms with Crippen molar-refractivity contribution in [3.05, 3.63) is 59.4 Å². The summed E-state index contributed by atoms with van der Waals surface area (Å²) in [5.41, 5.74) is 2.45. The lowest BCUT2D eigenvalue weighted by atomic mass is 10.0. The van der Waals surface area contributed by atoms with E-state index in [1.165, 1.54) is 10.9 Å². The maximum Gasteiger partial charge on any atom is 0.185 e. The number of nitrogens with one attached hydrogen (secondary N) is 3. The molecule has 1 fully saturated rings. The molecule has 0 amide bonds. The smallest absolute Gasteiger partial charge is 0.185 e. The number of fused-ring (bicyclic) bond motifs is 1. The van der Waals surface area contributed by atoms with E-state index in [2.05, 4.69) is 72.7 Å². The fraction of sp³-hybridized carbons (Fsp3) is 0.440. The van der Waals surface area contributed by atoms with Crippen LogP contribution in [0.2, 0.25) is 0 Å². The number of anilines is 2. The fourth-order valence-electron chi connectivity index (χ4n) is 4.68. The molecule has 2 unspecified atom stereocenters. The van der Waals surface area contributed by atoms with E-state index in [9.17, 15) is 5.11 Å². The predicted molar refractivity (Wildman–Crippen MR) is 139 cm³/mol. The van der Waals surface area contributed by atoms with Gasteiger partial charge in [0, 0.05) is 61.6 Å². The first-order valence-corrected chi connectivity index (χ1v) is 13.0. The van der Waals surface area contributed by atoms with Gasteiger partial charge < -0.3 is 19.9 Å². The Hall–Kier alpha value is -2.88. The van der Waals surface area contributed by atoms with E-state index in [1.807, 2.05) is 12.3 Å². The van der Waals surface area contributed by atoms with Gasteiger partial charge in [0.1, 0.15) is 12.0 Å². The molecule has 0 spiro atoms. The molecular weight excluding hydrogens is 446 g/mol. The highest BCUT2D eigenvalue weighted by molar-refractivity contribution is 7.15. The summed E-state index contributed by atoms with van der Waals surface area (Å²) in [6.45, 7) is 5.84. The summed E-state index contributed by atoms with van der Waals surface area (Å²) in [6, 6.07) is 10.6. The number of aliphatic hydroxyl groups excluding tert-OH is 1. The van der Waals surface area contributed by atoms with Crippen molar-refractivity contribution in [2.75, 3.05) is 36.0 Å². The Morgan fingerprint density at radius 2 is 1.97 bits per heavy atom. The van der Waals surface area contributed by atoms with E-state index in [4.69, 9.17) is 0 Å². The summed E-state index contributed by atoms with van der Waals surface area (Å²) >= 11 is 1.58. The molecule has 0 aliphatic carbocycles. The number of aliphatic hydroxyl groups is 1. The Morgan fingerprint density at radius 1 is 1.15 bits per heavy atom. The lowest BCUT2D eigenvalue weighted by Crippen LogP contribution is -2.46. The zero-order chi connectivity index (χ0) is 23.3. The monoisotopic (exact) mass is 479 g/mol. The van der Waals surface area contributed by atoms with E-state index in [-0.39, 0.29) is 6.04 Å². The first-order chi connectivity index (χ1) is 16.7. The van der Waals surface area contributed by atoms with Gasteiger partial charge in [0.05, 0.1) is 11.1 Å². The molecule has 4 N–H and O–H groups in total. The van der Waals surface area contributed by atoms with Crippen molar-refractivity contribution in [1.29, 1.82) is 0 Å². The molecule has 0 bridgehead atoms. The number of aromatic amines is 2. The molecule has 34 heavy (non-hydrogen) atoms. The van der Waals surface area contributed by atoms with Gasteiger partial charge in [-0.1, -0.05) is 49.3 Å². The summed E-state index contributed by atoms with van der Waals surface area (Å²) in [6.07, 6.45) is 9.15. The van der Waals surface area contributed by atoms with Crippen LogP contribution in [0.3, 0.4) is 0 Å². The van der Waals surface area contributed by atoms with Gasteiger partial charge in [0.2, 0.25) is 0 Å². The number of rotatable bonds is 10. The molecule has 0 radical (unpaired) electrons. The van der Waals surface area contributed by atoms with Crippen molar-refractivity contribution in [1.82, 2.24) is 25.5 Å². The van der Waals surface area contributed by atoms with Crippen molar-refractivity contribution >= 4 is 33.2 Å². The molecule has 3 aromatic heterocycles. The Balaban J connectivity index is 1.21. The average Bonchev–Trinajstić information content (AvgIpc) is 3.64. The SMILES string of the molecule is CCCCC(Cc1c[nH]c2ccccc12)NC(O)c1cnc(N2CCN(c3ccn[nH]3)CC2)s1. The number of H-pyrrole nitrogens is 2. The zero-order valence-corrected chi connectivity index (χ0v) is 20.4. The van der Waals surface area contributed by atoms with Crippen LogP contribution < -0.4 is 15.1 Å². The van der Waals surface area contributed by atoms with E-state index >= 15 is 0 Å². The van der Waals surface area contributed by atoms with Crippen molar-refractivity contribution in [3.63, 3.8) is 0 Å². The third-order valence-corrected chi connectivity index (χ3v) is 7.71. The van der Waals surface area contributed by atoms with Gasteiger partial charge in [-0.05, 0) is 24.5 Å². The highest BCUT2D eigenvalue weighted by Crippen LogP contribution is 2.29. The summed E-state index contributed by atoms with van der Waals surface area (Å²) < 4.78 is 0. The summed E-state index contributed by atoms with van der Waals surface area (Å²) in [5.74, 6) is 1.06. The number of nitrogens with zero attached hydrogens (tertiary/aromatic N) is 4. The number of unbranched alkanes of at least 4 members (excludes halogenated alkanes) is 1. The first kappa shape index (κ1) is 22.9. The molecule has 1 aliphatic rings. The summed E-state index contributed by atoms with van der Waals surface area (Å²) in [4.78, 5) is 13.5. The van der Waals surface area contributed by atoms with Crippen LogP contribution in [-0.4, -0.2) is 57.5 Å². The van der Waals surface area contributed by atoms with Crippen molar-refractivity contribution in [3.8, 4) is 0 Å². The number of hydrogen-bond acceptors (Lipinski definition) is 7. The number of aromatic nitrogens is 4. The predicted octanol–water partition coefficient (Wildman–Crippen LogP) is 4.06. The number of piperazine rings is 1. The minimum Gasteiger partial charge on any atom is -0.373 e. The third-order valence-electron chi connectivity index (χ3n) is 6.60. The molecule has 0 saturated carbocycles. The molecule has 1 aromatic carbocycles. The quantitative estimate of drug-likeness (QED) is 0.256. The van der Waals surface area contributed by atoms with Gasteiger partial charge in [-0.3, -0.25) is 10.4 Å². The van der Waals surface area contributed by atoms with Crippen LogP contribution in [0, 0.1) is 0 Å². The molecular formula is C25H33N7OS. The second-order valence-electron chi connectivity index (χ2n) is 8.93. The van der Waals surface area contributed by atoms with Crippen LogP contribution in [0.25, 0.3) is 10.9 Å².